The number of ether oxygens (including phenoxy) is 2. The molecule has 1 aromatic carbocycles. The third kappa shape index (κ3) is 5.93. The van der Waals surface area contributed by atoms with Crippen LogP contribution in [0.15, 0.2) is 18.2 Å². The predicted molar refractivity (Wildman–Crippen MR) is 87.4 cm³/mol. The summed E-state index contributed by atoms with van der Waals surface area (Å²) >= 11 is 0. The Kier molecular flexibility index (Phi) is 6.44. The molecule has 0 saturated heterocycles. The molecule has 0 aliphatic heterocycles. The average Bonchev–Trinajstić information content (AvgIpc) is 2.98. The van der Waals surface area contributed by atoms with Gasteiger partial charge in [0.2, 0.25) is 0 Å². The van der Waals surface area contributed by atoms with Crippen LogP contribution in [0.25, 0.3) is 0 Å². The lowest BCUT2D eigenvalue weighted by Gasteiger charge is -2.09. The van der Waals surface area contributed by atoms with Crippen LogP contribution >= 0.6 is 0 Å². The number of aryl methyl sites for hydroxylation is 2. The third-order valence-corrected chi connectivity index (χ3v) is 3.83. The Bertz CT molecular complexity index is 554. The molecule has 1 aromatic rings. The van der Waals surface area contributed by atoms with E-state index in [0.29, 0.717) is 18.2 Å². The fraction of sp³-hybridized carbons (Fsp3) is 0.556. The van der Waals surface area contributed by atoms with Gasteiger partial charge in [0.1, 0.15) is 5.75 Å². The maximum Gasteiger partial charge on any atom is 0.344 e. The van der Waals surface area contributed by atoms with Crippen LogP contribution in [0.4, 0.5) is 0 Å². The highest BCUT2D eigenvalue weighted by Gasteiger charge is 2.12. The van der Waals surface area contributed by atoms with E-state index in [9.17, 15) is 9.59 Å². The van der Waals surface area contributed by atoms with Gasteiger partial charge in [-0.3, -0.25) is 4.79 Å². The Morgan fingerprint density at radius 3 is 2.74 bits per heavy atom. The Balaban J connectivity index is 1.64. The zero-order valence-corrected chi connectivity index (χ0v) is 13.9. The van der Waals surface area contributed by atoms with Crippen molar-refractivity contribution in [3.05, 3.63) is 29.3 Å². The van der Waals surface area contributed by atoms with Gasteiger partial charge in [0, 0.05) is 6.54 Å². The van der Waals surface area contributed by atoms with Crippen molar-refractivity contribution in [2.75, 3.05) is 19.8 Å². The Morgan fingerprint density at radius 2 is 1.96 bits per heavy atom. The van der Waals surface area contributed by atoms with Crippen LogP contribution in [0.3, 0.4) is 0 Å². The molecule has 1 N–H and O–H groups in total. The van der Waals surface area contributed by atoms with Crippen LogP contribution in [-0.4, -0.2) is 31.6 Å². The highest BCUT2D eigenvalue weighted by molar-refractivity contribution is 5.80. The minimum Gasteiger partial charge on any atom is -0.482 e. The molecule has 23 heavy (non-hydrogen) atoms. The largest absolute Gasteiger partial charge is 0.482 e. The summed E-state index contributed by atoms with van der Waals surface area (Å²) in [5.74, 6) is 0.378. The van der Waals surface area contributed by atoms with Crippen molar-refractivity contribution < 1.29 is 19.1 Å². The fourth-order valence-electron chi connectivity index (χ4n) is 2.52. The van der Waals surface area contributed by atoms with E-state index < -0.39 is 5.97 Å². The molecule has 0 heterocycles. The first-order chi connectivity index (χ1) is 11.0. The second-order valence-corrected chi connectivity index (χ2v) is 6.27. The van der Waals surface area contributed by atoms with Crippen LogP contribution < -0.4 is 10.1 Å². The van der Waals surface area contributed by atoms with Gasteiger partial charge < -0.3 is 14.8 Å². The van der Waals surface area contributed by atoms with E-state index in [1.165, 1.54) is 17.5 Å². The Hall–Kier alpha value is -2.04. The predicted octanol–water partition coefficient (Wildman–Crippen LogP) is 2.26. The molecule has 5 heteroatoms. The maximum absolute atomic E-state index is 11.6. The van der Waals surface area contributed by atoms with Crippen LogP contribution in [0.2, 0.25) is 0 Å². The standard InChI is InChI=1S/C18H25NO4/c1-13(2)8-9-19-17(20)11-23-18(21)12-22-16-7-6-14-4-3-5-15(14)10-16/h6-7,10,13H,3-5,8-9,11-12H2,1-2H3,(H,19,20). The van der Waals surface area contributed by atoms with Crippen LogP contribution in [0, 0.1) is 5.92 Å². The molecule has 1 aliphatic rings. The molecule has 1 aliphatic carbocycles. The van der Waals surface area contributed by atoms with E-state index in [0.717, 1.165) is 19.3 Å². The molecule has 2 rings (SSSR count). The number of carbonyl (C=O) groups excluding carboxylic acids is 2. The Labute approximate surface area is 137 Å². The summed E-state index contributed by atoms with van der Waals surface area (Å²) in [4.78, 5) is 23.1. The number of nitrogens with one attached hydrogen (secondary N) is 1. The zero-order valence-electron chi connectivity index (χ0n) is 13.9. The normalized spacial score (nSPS) is 12.8. The van der Waals surface area contributed by atoms with Gasteiger partial charge >= 0.3 is 5.97 Å². The van der Waals surface area contributed by atoms with E-state index >= 15 is 0 Å². The monoisotopic (exact) mass is 319 g/mol. The summed E-state index contributed by atoms with van der Waals surface area (Å²) in [5.41, 5.74) is 2.65. The molecule has 0 fully saturated rings. The molecule has 5 nitrogen and oxygen atoms in total. The van der Waals surface area contributed by atoms with Crippen molar-refractivity contribution in [1.82, 2.24) is 5.32 Å². The van der Waals surface area contributed by atoms with Crippen molar-refractivity contribution in [3.63, 3.8) is 0 Å². The number of benzene rings is 1. The summed E-state index contributed by atoms with van der Waals surface area (Å²) in [6.07, 6.45) is 4.25. The third-order valence-electron chi connectivity index (χ3n) is 3.83. The molecule has 126 valence electrons. The van der Waals surface area contributed by atoms with Crippen LogP contribution in [0.5, 0.6) is 5.75 Å². The molecule has 1 amide bonds. The average molecular weight is 319 g/mol. The van der Waals surface area contributed by atoms with Gasteiger partial charge in [-0.15, -0.1) is 0 Å². The van der Waals surface area contributed by atoms with E-state index in [2.05, 4.69) is 19.2 Å². The molecule has 0 atom stereocenters. The summed E-state index contributed by atoms with van der Waals surface area (Å²) in [7, 11) is 0. The zero-order chi connectivity index (χ0) is 16.7. The first-order valence-electron chi connectivity index (χ1n) is 8.21. The number of hydrogen-bond acceptors (Lipinski definition) is 4. The highest BCUT2D eigenvalue weighted by Crippen LogP contribution is 2.25. The molecule has 0 bridgehead atoms. The number of carbonyl (C=O) groups is 2. The van der Waals surface area contributed by atoms with Gasteiger partial charge in [0.15, 0.2) is 13.2 Å². The maximum atomic E-state index is 11.6. The van der Waals surface area contributed by atoms with Gasteiger partial charge in [0.05, 0.1) is 0 Å². The lowest BCUT2D eigenvalue weighted by molar-refractivity contribution is -0.150. The van der Waals surface area contributed by atoms with E-state index in [1.54, 1.807) is 0 Å². The van der Waals surface area contributed by atoms with Gasteiger partial charge in [0.25, 0.3) is 5.91 Å². The highest BCUT2D eigenvalue weighted by atomic mass is 16.6. The minimum atomic E-state index is -0.537. The van der Waals surface area contributed by atoms with Crippen LogP contribution in [0.1, 0.15) is 37.8 Å². The number of fused-ring (bicyclic) bond motifs is 1. The number of esters is 1. The van der Waals surface area contributed by atoms with Crippen molar-refractivity contribution in [3.8, 4) is 5.75 Å². The molecule has 0 radical (unpaired) electrons. The SMILES string of the molecule is CC(C)CCNC(=O)COC(=O)COc1ccc2c(c1)CCC2. The lowest BCUT2D eigenvalue weighted by Crippen LogP contribution is -2.31. The molecule has 0 aromatic heterocycles. The van der Waals surface area contributed by atoms with Crippen molar-refractivity contribution in [1.29, 1.82) is 0 Å². The summed E-state index contributed by atoms with van der Waals surface area (Å²) in [6.45, 7) is 4.33. The Morgan fingerprint density at radius 1 is 1.17 bits per heavy atom. The topological polar surface area (TPSA) is 64.6 Å². The summed E-state index contributed by atoms with van der Waals surface area (Å²) in [5, 5.41) is 2.71. The molecule has 0 unspecified atom stereocenters. The quantitative estimate of drug-likeness (QED) is 0.747. The van der Waals surface area contributed by atoms with Gasteiger partial charge in [-0.25, -0.2) is 4.79 Å². The summed E-state index contributed by atoms with van der Waals surface area (Å²) < 4.78 is 10.3. The van der Waals surface area contributed by atoms with Gasteiger partial charge in [-0.2, -0.15) is 0 Å². The molecule has 0 saturated carbocycles. The fourth-order valence-corrected chi connectivity index (χ4v) is 2.52. The first-order valence-corrected chi connectivity index (χ1v) is 8.21. The molecule has 0 spiro atoms. The lowest BCUT2D eigenvalue weighted by atomic mass is 10.1. The van der Waals surface area contributed by atoms with E-state index in [-0.39, 0.29) is 19.1 Å². The van der Waals surface area contributed by atoms with Gasteiger partial charge in [-0.1, -0.05) is 19.9 Å². The van der Waals surface area contributed by atoms with Crippen molar-refractivity contribution in [2.24, 2.45) is 5.92 Å². The molecular formula is C18H25NO4. The number of amides is 1. The van der Waals surface area contributed by atoms with Crippen molar-refractivity contribution >= 4 is 11.9 Å². The van der Waals surface area contributed by atoms with Crippen LogP contribution in [-0.2, 0) is 27.2 Å². The summed E-state index contributed by atoms with van der Waals surface area (Å²) in [6, 6.07) is 5.90. The van der Waals surface area contributed by atoms with E-state index in [4.69, 9.17) is 9.47 Å². The second kappa shape index (κ2) is 8.56. The van der Waals surface area contributed by atoms with E-state index in [1.807, 2.05) is 18.2 Å². The van der Waals surface area contributed by atoms with Crippen molar-refractivity contribution in [2.45, 2.75) is 39.5 Å². The first kappa shape index (κ1) is 17.3. The number of rotatable bonds is 8. The minimum absolute atomic E-state index is 0.182. The molecular weight excluding hydrogens is 294 g/mol. The number of hydrogen-bond donors (Lipinski definition) is 1. The smallest absolute Gasteiger partial charge is 0.344 e. The second-order valence-electron chi connectivity index (χ2n) is 6.27. The van der Waals surface area contributed by atoms with Gasteiger partial charge in [-0.05, 0) is 54.9 Å².